The lowest BCUT2D eigenvalue weighted by molar-refractivity contribution is 0.465. The zero-order valence-electron chi connectivity index (χ0n) is 15.3. The van der Waals surface area contributed by atoms with Crippen LogP contribution in [0.4, 0.5) is 0 Å². The van der Waals surface area contributed by atoms with Crippen LogP contribution in [0.25, 0.3) is 22.2 Å². The SMILES string of the molecule is CS(=O)(=O)c1ccccc1OS(=O)(=O)n1nc(-c2ccccc2)c2ccccc21. The summed E-state index contributed by atoms with van der Waals surface area (Å²) < 4.78 is 56.0. The van der Waals surface area contributed by atoms with E-state index in [0.29, 0.717) is 16.6 Å². The van der Waals surface area contributed by atoms with Gasteiger partial charge in [0.2, 0.25) is 0 Å². The maximum Gasteiger partial charge on any atom is 0.429 e. The minimum Gasteiger partial charge on any atom is -0.364 e. The predicted octanol–water partition coefficient (Wildman–Crippen LogP) is 3.28. The standard InChI is InChI=1S/C20H16N2O5S2/c1-28(23,24)19-14-8-7-13-18(19)27-29(25,26)22-17-12-6-5-11-16(17)20(21-22)15-9-3-2-4-10-15/h2-14H,1H3. The summed E-state index contributed by atoms with van der Waals surface area (Å²) in [5.41, 5.74) is 1.54. The number of hydrogen-bond donors (Lipinski definition) is 0. The number of rotatable bonds is 5. The number of nitrogens with zero attached hydrogens (tertiary/aromatic N) is 2. The number of sulfone groups is 1. The third-order valence-electron chi connectivity index (χ3n) is 4.26. The van der Waals surface area contributed by atoms with Crippen LogP contribution in [-0.4, -0.2) is 32.3 Å². The van der Waals surface area contributed by atoms with Gasteiger partial charge in [-0.05, 0) is 18.2 Å². The van der Waals surface area contributed by atoms with Crippen molar-refractivity contribution < 1.29 is 21.0 Å². The fraction of sp³-hybridized carbons (Fsp3) is 0.0500. The molecule has 4 aromatic rings. The van der Waals surface area contributed by atoms with Crippen LogP contribution in [0, 0.1) is 0 Å². The molecule has 9 heteroatoms. The molecule has 0 bridgehead atoms. The molecule has 0 aliphatic carbocycles. The summed E-state index contributed by atoms with van der Waals surface area (Å²) in [6, 6.07) is 21.6. The summed E-state index contributed by atoms with van der Waals surface area (Å²) in [7, 11) is -8.16. The highest BCUT2D eigenvalue weighted by Crippen LogP contribution is 2.30. The minimum atomic E-state index is -4.47. The molecular formula is C20H16N2O5S2. The number of fused-ring (bicyclic) bond motifs is 1. The van der Waals surface area contributed by atoms with E-state index in [1.807, 2.05) is 30.3 Å². The van der Waals surface area contributed by atoms with Gasteiger partial charge in [-0.3, -0.25) is 0 Å². The van der Waals surface area contributed by atoms with Crippen molar-refractivity contribution in [2.24, 2.45) is 0 Å². The van der Waals surface area contributed by atoms with Crippen LogP contribution in [0.15, 0.2) is 83.8 Å². The number of para-hydroxylation sites is 2. The van der Waals surface area contributed by atoms with E-state index in [9.17, 15) is 16.8 Å². The van der Waals surface area contributed by atoms with E-state index < -0.39 is 20.1 Å². The molecule has 148 valence electrons. The van der Waals surface area contributed by atoms with Crippen molar-refractivity contribution in [2.45, 2.75) is 4.90 Å². The molecule has 0 spiro atoms. The summed E-state index contributed by atoms with van der Waals surface area (Å²) >= 11 is 0. The number of aromatic nitrogens is 2. The van der Waals surface area contributed by atoms with Crippen LogP contribution in [0.1, 0.15) is 0 Å². The van der Waals surface area contributed by atoms with Gasteiger partial charge in [0.1, 0.15) is 10.6 Å². The first-order valence-electron chi connectivity index (χ1n) is 8.55. The van der Waals surface area contributed by atoms with Gasteiger partial charge < -0.3 is 4.18 Å². The molecule has 7 nitrogen and oxygen atoms in total. The lowest BCUT2D eigenvalue weighted by atomic mass is 10.1. The lowest BCUT2D eigenvalue weighted by Gasteiger charge is -2.10. The Hall–Kier alpha value is -3.17. The van der Waals surface area contributed by atoms with Crippen molar-refractivity contribution >= 4 is 31.0 Å². The summed E-state index contributed by atoms with van der Waals surface area (Å²) in [5, 5.41) is 4.90. The molecule has 0 aliphatic heterocycles. The van der Waals surface area contributed by atoms with Gasteiger partial charge in [-0.2, -0.15) is 13.5 Å². The molecule has 1 aromatic heterocycles. The van der Waals surface area contributed by atoms with Crippen LogP contribution in [0.3, 0.4) is 0 Å². The average Bonchev–Trinajstić information content (AvgIpc) is 3.09. The maximum absolute atomic E-state index is 13.0. The first-order valence-corrected chi connectivity index (χ1v) is 11.8. The van der Waals surface area contributed by atoms with E-state index in [1.54, 1.807) is 24.3 Å². The van der Waals surface area contributed by atoms with Crippen molar-refractivity contribution in [3.63, 3.8) is 0 Å². The monoisotopic (exact) mass is 428 g/mol. The van der Waals surface area contributed by atoms with E-state index >= 15 is 0 Å². The Morgan fingerprint density at radius 2 is 1.41 bits per heavy atom. The van der Waals surface area contributed by atoms with Gasteiger partial charge in [-0.15, -0.1) is 4.09 Å². The van der Waals surface area contributed by atoms with Gasteiger partial charge in [0.25, 0.3) is 0 Å². The molecule has 0 atom stereocenters. The molecule has 0 aliphatic rings. The van der Waals surface area contributed by atoms with Crippen molar-refractivity contribution in [1.82, 2.24) is 9.19 Å². The molecule has 0 unspecified atom stereocenters. The Bertz CT molecular complexity index is 1410. The van der Waals surface area contributed by atoms with Crippen molar-refractivity contribution in [3.05, 3.63) is 78.9 Å². The first kappa shape index (κ1) is 19.2. The van der Waals surface area contributed by atoms with Crippen LogP contribution in [-0.2, 0) is 20.1 Å². The maximum atomic E-state index is 13.0. The number of benzene rings is 3. The molecule has 0 saturated carbocycles. The second kappa shape index (κ2) is 7.02. The molecular weight excluding hydrogens is 412 g/mol. The highest BCUT2D eigenvalue weighted by Gasteiger charge is 2.26. The van der Waals surface area contributed by atoms with Gasteiger partial charge in [-0.25, -0.2) is 8.42 Å². The van der Waals surface area contributed by atoms with Crippen LogP contribution in [0.5, 0.6) is 5.75 Å². The van der Waals surface area contributed by atoms with Crippen LogP contribution in [0.2, 0.25) is 0 Å². The predicted molar refractivity (Wildman–Crippen MR) is 110 cm³/mol. The molecule has 29 heavy (non-hydrogen) atoms. The zero-order chi connectivity index (χ0) is 20.6. The molecule has 3 aromatic carbocycles. The summed E-state index contributed by atoms with van der Waals surface area (Å²) in [6.45, 7) is 0. The van der Waals surface area contributed by atoms with Crippen LogP contribution < -0.4 is 4.18 Å². The van der Waals surface area contributed by atoms with Gasteiger partial charge >= 0.3 is 10.3 Å². The van der Waals surface area contributed by atoms with Gasteiger partial charge in [0.05, 0.1) is 5.52 Å². The Balaban J connectivity index is 1.88. The highest BCUT2D eigenvalue weighted by atomic mass is 32.2. The Labute approximate surface area is 168 Å². The Morgan fingerprint density at radius 1 is 0.793 bits per heavy atom. The number of hydrogen-bond acceptors (Lipinski definition) is 6. The fourth-order valence-electron chi connectivity index (χ4n) is 2.99. The highest BCUT2D eigenvalue weighted by molar-refractivity contribution is 7.91. The minimum absolute atomic E-state index is 0.219. The van der Waals surface area contributed by atoms with Crippen molar-refractivity contribution in [1.29, 1.82) is 0 Å². The average molecular weight is 428 g/mol. The van der Waals surface area contributed by atoms with E-state index in [0.717, 1.165) is 15.9 Å². The normalized spacial score (nSPS) is 12.2. The molecule has 0 fully saturated rings. The van der Waals surface area contributed by atoms with E-state index in [4.69, 9.17) is 4.18 Å². The Morgan fingerprint density at radius 3 is 2.14 bits per heavy atom. The topological polar surface area (TPSA) is 95.3 Å². The second-order valence-corrected chi connectivity index (χ2v) is 9.69. The lowest BCUT2D eigenvalue weighted by Crippen LogP contribution is -2.21. The summed E-state index contributed by atoms with van der Waals surface area (Å²) in [4.78, 5) is -0.219. The fourth-order valence-corrected chi connectivity index (χ4v) is 4.87. The van der Waals surface area contributed by atoms with Crippen LogP contribution >= 0.6 is 0 Å². The van der Waals surface area contributed by atoms with E-state index in [1.165, 1.54) is 24.3 Å². The largest absolute Gasteiger partial charge is 0.429 e. The Kier molecular flexibility index (Phi) is 4.64. The summed E-state index contributed by atoms with van der Waals surface area (Å²) in [6.07, 6.45) is 0.985. The molecule has 0 N–H and O–H groups in total. The first-order chi connectivity index (χ1) is 13.8. The molecule has 4 rings (SSSR count). The molecule has 0 amide bonds. The van der Waals surface area contributed by atoms with E-state index in [-0.39, 0.29) is 10.6 Å². The zero-order valence-corrected chi connectivity index (χ0v) is 16.9. The van der Waals surface area contributed by atoms with Gasteiger partial charge in [0.15, 0.2) is 15.6 Å². The second-order valence-electron chi connectivity index (χ2n) is 6.33. The smallest absolute Gasteiger partial charge is 0.364 e. The molecule has 1 heterocycles. The third-order valence-corrected chi connectivity index (χ3v) is 6.49. The molecule has 0 saturated heterocycles. The quantitative estimate of drug-likeness (QED) is 0.484. The summed E-state index contributed by atoms with van der Waals surface area (Å²) in [5.74, 6) is -0.282. The van der Waals surface area contributed by atoms with Crippen molar-refractivity contribution in [3.8, 4) is 17.0 Å². The van der Waals surface area contributed by atoms with Gasteiger partial charge in [-0.1, -0.05) is 60.7 Å². The van der Waals surface area contributed by atoms with Crippen molar-refractivity contribution in [2.75, 3.05) is 6.26 Å². The van der Waals surface area contributed by atoms with E-state index in [2.05, 4.69) is 5.10 Å². The third kappa shape index (κ3) is 3.62. The van der Waals surface area contributed by atoms with Gasteiger partial charge in [0, 0.05) is 17.2 Å². The molecule has 0 radical (unpaired) electrons.